The van der Waals surface area contributed by atoms with Gasteiger partial charge in [0.1, 0.15) is 0 Å². The largest absolute Gasteiger partial charge is 0.369 e. The second-order valence-corrected chi connectivity index (χ2v) is 5.73. The summed E-state index contributed by atoms with van der Waals surface area (Å²) in [6.45, 7) is 0. The van der Waals surface area contributed by atoms with Crippen molar-refractivity contribution in [1.82, 2.24) is 4.31 Å². The third-order valence-electron chi connectivity index (χ3n) is 2.08. The van der Waals surface area contributed by atoms with Crippen LogP contribution in [0.2, 0.25) is 0 Å². The van der Waals surface area contributed by atoms with Crippen molar-refractivity contribution in [3.05, 3.63) is 29.8 Å². The molecule has 5 nitrogen and oxygen atoms in total. The molecule has 1 amide bonds. The number of carbonyl (C=O) groups is 1. The summed E-state index contributed by atoms with van der Waals surface area (Å²) in [5.74, 6) is -0.441. The maximum absolute atomic E-state index is 11.7. The molecule has 0 saturated carbocycles. The maximum Gasteiger partial charge on any atom is 0.242 e. The number of sulfonamides is 1. The predicted molar refractivity (Wildman–Crippen MR) is 60.2 cm³/mol. The van der Waals surface area contributed by atoms with Gasteiger partial charge in [-0.2, -0.15) is 0 Å². The molecule has 2 N–H and O–H groups in total. The number of rotatable bonds is 4. The molecular formula is C10H14N2O3S. The van der Waals surface area contributed by atoms with Crippen molar-refractivity contribution >= 4 is 15.9 Å². The van der Waals surface area contributed by atoms with Gasteiger partial charge in [-0.3, -0.25) is 4.79 Å². The van der Waals surface area contributed by atoms with Crippen molar-refractivity contribution in [3.63, 3.8) is 0 Å². The molecule has 16 heavy (non-hydrogen) atoms. The van der Waals surface area contributed by atoms with E-state index in [2.05, 4.69) is 0 Å². The van der Waals surface area contributed by atoms with E-state index in [0.29, 0.717) is 5.56 Å². The third-order valence-corrected chi connectivity index (χ3v) is 3.91. The number of benzene rings is 1. The molecule has 0 fully saturated rings. The first-order valence-corrected chi connectivity index (χ1v) is 6.08. The zero-order valence-electron chi connectivity index (χ0n) is 9.17. The SMILES string of the molecule is CN(C)S(=O)(=O)c1ccc(CC(N)=O)cc1. The average Bonchev–Trinajstić information content (AvgIpc) is 2.17. The highest BCUT2D eigenvalue weighted by Crippen LogP contribution is 2.14. The van der Waals surface area contributed by atoms with Crippen LogP contribution in [0.4, 0.5) is 0 Å². The van der Waals surface area contributed by atoms with Gasteiger partial charge in [0.2, 0.25) is 15.9 Å². The molecule has 6 heteroatoms. The Hall–Kier alpha value is -1.40. The number of amides is 1. The van der Waals surface area contributed by atoms with E-state index in [4.69, 9.17) is 5.73 Å². The lowest BCUT2D eigenvalue weighted by Gasteiger charge is -2.11. The molecule has 0 radical (unpaired) electrons. The standard InChI is InChI=1S/C10H14N2O3S/c1-12(2)16(14,15)9-5-3-8(4-6-9)7-10(11)13/h3-6H,7H2,1-2H3,(H2,11,13). The minimum Gasteiger partial charge on any atom is -0.369 e. The van der Waals surface area contributed by atoms with Gasteiger partial charge in [-0.05, 0) is 17.7 Å². The number of nitrogens with zero attached hydrogens (tertiary/aromatic N) is 1. The molecule has 1 aromatic carbocycles. The van der Waals surface area contributed by atoms with Crippen LogP contribution < -0.4 is 5.73 Å². The summed E-state index contributed by atoms with van der Waals surface area (Å²) >= 11 is 0. The number of nitrogens with two attached hydrogens (primary N) is 1. The van der Waals surface area contributed by atoms with E-state index in [1.54, 1.807) is 12.1 Å². The fourth-order valence-electron chi connectivity index (χ4n) is 1.19. The van der Waals surface area contributed by atoms with E-state index in [1.807, 2.05) is 0 Å². The second kappa shape index (κ2) is 4.63. The molecule has 88 valence electrons. The van der Waals surface area contributed by atoms with Gasteiger partial charge in [0.05, 0.1) is 11.3 Å². The van der Waals surface area contributed by atoms with Crippen molar-refractivity contribution in [2.75, 3.05) is 14.1 Å². The molecule has 0 heterocycles. The Labute approximate surface area is 94.9 Å². The van der Waals surface area contributed by atoms with Gasteiger partial charge < -0.3 is 5.73 Å². The van der Waals surface area contributed by atoms with Crippen molar-refractivity contribution in [2.45, 2.75) is 11.3 Å². The number of hydrogen-bond donors (Lipinski definition) is 1. The first-order chi connectivity index (χ1) is 7.34. The third kappa shape index (κ3) is 2.80. The van der Waals surface area contributed by atoms with Crippen LogP contribution in [0.5, 0.6) is 0 Å². The van der Waals surface area contributed by atoms with Gasteiger partial charge in [-0.15, -0.1) is 0 Å². The number of carbonyl (C=O) groups excluding carboxylic acids is 1. The van der Waals surface area contributed by atoms with Crippen molar-refractivity contribution < 1.29 is 13.2 Å². The smallest absolute Gasteiger partial charge is 0.242 e. The molecule has 0 aromatic heterocycles. The molecule has 0 unspecified atom stereocenters. The van der Waals surface area contributed by atoms with Crippen LogP contribution in [0.1, 0.15) is 5.56 Å². The first-order valence-electron chi connectivity index (χ1n) is 4.64. The minimum absolute atomic E-state index is 0.113. The van der Waals surface area contributed by atoms with Gasteiger partial charge >= 0.3 is 0 Å². The molecule has 0 spiro atoms. The van der Waals surface area contributed by atoms with E-state index in [1.165, 1.54) is 26.2 Å². The fraction of sp³-hybridized carbons (Fsp3) is 0.300. The normalized spacial score (nSPS) is 11.7. The molecule has 0 aliphatic rings. The van der Waals surface area contributed by atoms with E-state index in [0.717, 1.165) is 4.31 Å². The Kier molecular flexibility index (Phi) is 3.66. The lowest BCUT2D eigenvalue weighted by Crippen LogP contribution is -2.22. The number of hydrogen-bond acceptors (Lipinski definition) is 3. The van der Waals surface area contributed by atoms with Gasteiger partial charge in [0.25, 0.3) is 0 Å². The summed E-state index contributed by atoms with van der Waals surface area (Å²) in [7, 11) is -0.475. The molecule has 0 saturated heterocycles. The average molecular weight is 242 g/mol. The topological polar surface area (TPSA) is 80.5 Å². The summed E-state index contributed by atoms with van der Waals surface area (Å²) in [4.78, 5) is 10.9. The summed E-state index contributed by atoms with van der Waals surface area (Å²) in [6.07, 6.45) is 0.113. The molecule has 0 bridgehead atoms. The molecule has 0 atom stereocenters. The fourth-order valence-corrected chi connectivity index (χ4v) is 2.09. The van der Waals surface area contributed by atoms with Gasteiger partial charge in [0, 0.05) is 14.1 Å². The zero-order chi connectivity index (χ0) is 12.3. The predicted octanol–water partition coefficient (Wildman–Crippen LogP) is -0.0353. The van der Waals surface area contributed by atoms with Crippen LogP contribution in [0, 0.1) is 0 Å². The van der Waals surface area contributed by atoms with Gasteiger partial charge in [-0.1, -0.05) is 12.1 Å². The quantitative estimate of drug-likeness (QED) is 0.804. The van der Waals surface area contributed by atoms with Crippen molar-refractivity contribution in [3.8, 4) is 0 Å². The Bertz CT molecular complexity index is 477. The summed E-state index contributed by atoms with van der Waals surface area (Å²) in [5.41, 5.74) is 5.73. The molecule has 1 rings (SSSR count). The van der Waals surface area contributed by atoms with Gasteiger partial charge in [0.15, 0.2) is 0 Å². The molecular weight excluding hydrogens is 228 g/mol. The summed E-state index contributed by atoms with van der Waals surface area (Å²) in [5, 5.41) is 0. The molecule has 1 aromatic rings. The Balaban J connectivity index is 3.00. The highest BCUT2D eigenvalue weighted by molar-refractivity contribution is 7.89. The maximum atomic E-state index is 11.7. The summed E-state index contributed by atoms with van der Waals surface area (Å²) in [6, 6.07) is 6.10. The minimum atomic E-state index is -3.40. The Morgan fingerprint density at radius 1 is 1.25 bits per heavy atom. The molecule has 0 aliphatic heterocycles. The van der Waals surface area contributed by atoms with E-state index >= 15 is 0 Å². The van der Waals surface area contributed by atoms with Crippen LogP contribution in [-0.4, -0.2) is 32.7 Å². The first kappa shape index (κ1) is 12.7. The number of primary amides is 1. The van der Waals surface area contributed by atoms with E-state index < -0.39 is 15.9 Å². The lowest BCUT2D eigenvalue weighted by atomic mass is 10.1. The highest BCUT2D eigenvalue weighted by atomic mass is 32.2. The van der Waals surface area contributed by atoms with Crippen LogP contribution >= 0.6 is 0 Å². The van der Waals surface area contributed by atoms with E-state index in [9.17, 15) is 13.2 Å². The van der Waals surface area contributed by atoms with E-state index in [-0.39, 0.29) is 11.3 Å². The Morgan fingerprint density at radius 3 is 2.12 bits per heavy atom. The monoisotopic (exact) mass is 242 g/mol. The van der Waals surface area contributed by atoms with Crippen LogP contribution in [0.3, 0.4) is 0 Å². The lowest BCUT2D eigenvalue weighted by molar-refractivity contribution is -0.117. The van der Waals surface area contributed by atoms with Crippen LogP contribution in [-0.2, 0) is 21.2 Å². The van der Waals surface area contributed by atoms with Crippen LogP contribution in [0.25, 0.3) is 0 Å². The highest BCUT2D eigenvalue weighted by Gasteiger charge is 2.16. The van der Waals surface area contributed by atoms with Gasteiger partial charge in [-0.25, -0.2) is 12.7 Å². The van der Waals surface area contributed by atoms with Crippen molar-refractivity contribution in [1.29, 1.82) is 0 Å². The Morgan fingerprint density at radius 2 is 1.75 bits per heavy atom. The molecule has 0 aliphatic carbocycles. The van der Waals surface area contributed by atoms with Crippen molar-refractivity contribution in [2.24, 2.45) is 5.73 Å². The second-order valence-electron chi connectivity index (χ2n) is 3.57. The zero-order valence-corrected chi connectivity index (χ0v) is 9.99. The summed E-state index contributed by atoms with van der Waals surface area (Å²) < 4.78 is 24.5. The van der Waals surface area contributed by atoms with Crippen LogP contribution in [0.15, 0.2) is 29.2 Å².